The Balaban J connectivity index is 0.000000980. The molecule has 0 aliphatic carbocycles. The standard InChI is InChI=1S/C13H13.Re/c1-10(2)12-9-5-7-11-6-3-4-8-13(11)12;/h3,5-10H,1-2H3;/q-1;. The molecule has 0 unspecified atom stereocenters. The Labute approximate surface area is 99.0 Å². The van der Waals surface area contributed by atoms with Crippen LogP contribution in [0.5, 0.6) is 0 Å². The first kappa shape index (κ1) is 11.4. The van der Waals surface area contributed by atoms with Crippen LogP contribution in [-0.2, 0) is 20.4 Å². The number of hydrogen-bond donors (Lipinski definition) is 0. The molecule has 0 amide bonds. The van der Waals surface area contributed by atoms with Crippen molar-refractivity contribution in [3.63, 3.8) is 0 Å². The Morgan fingerprint density at radius 3 is 2.64 bits per heavy atom. The molecule has 0 atom stereocenters. The third-order valence-corrected chi connectivity index (χ3v) is 2.38. The summed E-state index contributed by atoms with van der Waals surface area (Å²) in [5.41, 5.74) is 1.41. The maximum Gasteiger partial charge on any atom is 0 e. The molecule has 0 saturated carbocycles. The van der Waals surface area contributed by atoms with Gasteiger partial charge >= 0.3 is 0 Å². The predicted molar refractivity (Wildman–Crippen MR) is 56.9 cm³/mol. The first-order valence-corrected chi connectivity index (χ1v) is 4.68. The van der Waals surface area contributed by atoms with Crippen molar-refractivity contribution in [1.29, 1.82) is 0 Å². The van der Waals surface area contributed by atoms with Crippen LogP contribution >= 0.6 is 0 Å². The maximum atomic E-state index is 3.13. The Kier molecular flexibility index (Phi) is 3.87. The molecule has 0 spiro atoms. The van der Waals surface area contributed by atoms with E-state index in [2.05, 4.69) is 50.2 Å². The SMILES string of the molecule is CC(C)c1cccc2cc[c-]cc12.[Re]. The minimum absolute atomic E-state index is 0. The molecule has 2 aromatic rings. The van der Waals surface area contributed by atoms with E-state index in [0.29, 0.717) is 5.92 Å². The van der Waals surface area contributed by atoms with Crippen LogP contribution in [0.2, 0.25) is 0 Å². The van der Waals surface area contributed by atoms with Crippen LogP contribution in [-0.4, -0.2) is 0 Å². The molecule has 0 aliphatic rings. The first-order chi connectivity index (χ1) is 6.29. The molecule has 73 valence electrons. The van der Waals surface area contributed by atoms with Crippen molar-refractivity contribution in [3.05, 3.63) is 48.0 Å². The second-order valence-corrected chi connectivity index (χ2v) is 3.65. The van der Waals surface area contributed by atoms with Gasteiger partial charge in [0.25, 0.3) is 0 Å². The van der Waals surface area contributed by atoms with Gasteiger partial charge in [-0.1, -0.05) is 37.6 Å². The summed E-state index contributed by atoms with van der Waals surface area (Å²) in [6.45, 7) is 4.45. The van der Waals surface area contributed by atoms with Gasteiger partial charge in [0.05, 0.1) is 0 Å². The van der Waals surface area contributed by atoms with Gasteiger partial charge in [0.15, 0.2) is 0 Å². The zero-order valence-corrected chi connectivity index (χ0v) is 11.1. The molecule has 0 saturated heterocycles. The summed E-state index contributed by atoms with van der Waals surface area (Å²) < 4.78 is 0. The molecule has 0 nitrogen and oxygen atoms in total. The van der Waals surface area contributed by atoms with E-state index < -0.39 is 0 Å². The molecule has 0 aliphatic heterocycles. The molecule has 14 heavy (non-hydrogen) atoms. The van der Waals surface area contributed by atoms with Crippen molar-refractivity contribution >= 4 is 10.8 Å². The quantitative estimate of drug-likeness (QED) is 0.684. The maximum absolute atomic E-state index is 3.13. The summed E-state index contributed by atoms with van der Waals surface area (Å²) >= 11 is 0. The predicted octanol–water partition coefficient (Wildman–Crippen LogP) is 3.76. The van der Waals surface area contributed by atoms with Gasteiger partial charge in [0.1, 0.15) is 0 Å². The molecular weight excluding hydrogens is 342 g/mol. The molecule has 2 aromatic carbocycles. The Hall–Kier alpha value is -0.638. The molecular formula is C13H13Re-. The fourth-order valence-electron chi connectivity index (χ4n) is 1.69. The van der Waals surface area contributed by atoms with Crippen molar-refractivity contribution in [2.24, 2.45) is 0 Å². The largest absolute Gasteiger partial charge is 0.183 e. The Morgan fingerprint density at radius 2 is 1.93 bits per heavy atom. The summed E-state index contributed by atoms with van der Waals surface area (Å²) in [6.07, 6.45) is 0. The normalized spacial score (nSPS) is 10.2. The van der Waals surface area contributed by atoms with E-state index >= 15 is 0 Å². The van der Waals surface area contributed by atoms with Gasteiger partial charge in [0.2, 0.25) is 0 Å². The summed E-state index contributed by atoms with van der Waals surface area (Å²) in [6, 6.07) is 15.7. The van der Waals surface area contributed by atoms with Gasteiger partial charge in [-0.05, 0) is 5.92 Å². The van der Waals surface area contributed by atoms with Crippen molar-refractivity contribution in [2.45, 2.75) is 19.8 Å². The summed E-state index contributed by atoms with van der Waals surface area (Å²) in [5, 5.41) is 2.64. The van der Waals surface area contributed by atoms with Gasteiger partial charge in [-0.25, -0.2) is 0 Å². The van der Waals surface area contributed by atoms with Crippen LogP contribution in [0.3, 0.4) is 0 Å². The second kappa shape index (κ2) is 4.73. The van der Waals surface area contributed by atoms with Crippen LogP contribution in [0.15, 0.2) is 36.4 Å². The van der Waals surface area contributed by atoms with E-state index in [0.717, 1.165) is 0 Å². The average molecular weight is 355 g/mol. The van der Waals surface area contributed by atoms with E-state index in [4.69, 9.17) is 0 Å². The van der Waals surface area contributed by atoms with E-state index in [9.17, 15) is 0 Å². The zero-order chi connectivity index (χ0) is 9.26. The monoisotopic (exact) mass is 356 g/mol. The minimum atomic E-state index is 0. The van der Waals surface area contributed by atoms with Crippen LogP contribution in [0.1, 0.15) is 25.3 Å². The van der Waals surface area contributed by atoms with Gasteiger partial charge in [-0.3, -0.25) is 0 Å². The van der Waals surface area contributed by atoms with E-state index in [-0.39, 0.29) is 20.4 Å². The molecule has 1 radical (unpaired) electrons. The molecule has 0 heterocycles. The Morgan fingerprint density at radius 1 is 1.14 bits per heavy atom. The third kappa shape index (κ3) is 2.06. The summed E-state index contributed by atoms with van der Waals surface area (Å²) in [4.78, 5) is 0. The minimum Gasteiger partial charge on any atom is -0.183 e. The van der Waals surface area contributed by atoms with Crippen LogP contribution < -0.4 is 0 Å². The molecule has 0 aromatic heterocycles. The third-order valence-electron chi connectivity index (χ3n) is 2.38. The van der Waals surface area contributed by atoms with Crippen LogP contribution in [0, 0.1) is 6.07 Å². The molecule has 2 rings (SSSR count). The van der Waals surface area contributed by atoms with E-state index in [1.54, 1.807) is 0 Å². The molecule has 0 fully saturated rings. The topological polar surface area (TPSA) is 0 Å². The fraction of sp³-hybridized carbons (Fsp3) is 0.231. The smallest absolute Gasteiger partial charge is 0 e. The van der Waals surface area contributed by atoms with Gasteiger partial charge in [-0.2, -0.15) is 24.3 Å². The molecule has 0 bridgehead atoms. The molecule has 1 heteroatoms. The number of hydrogen-bond acceptors (Lipinski definition) is 0. The Bertz CT molecular complexity index is 413. The van der Waals surface area contributed by atoms with E-state index in [1.165, 1.54) is 16.3 Å². The van der Waals surface area contributed by atoms with Crippen molar-refractivity contribution < 1.29 is 20.4 Å². The summed E-state index contributed by atoms with van der Waals surface area (Å²) in [5.74, 6) is 0.583. The van der Waals surface area contributed by atoms with Gasteiger partial charge < -0.3 is 0 Å². The first-order valence-electron chi connectivity index (χ1n) is 4.68. The van der Waals surface area contributed by atoms with Gasteiger partial charge in [0, 0.05) is 20.4 Å². The average Bonchev–Trinajstić information content (AvgIpc) is 2.17. The van der Waals surface area contributed by atoms with E-state index in [1.807, 2.05) is 6.07 Å². The number of fused-ring (bicyclic) bond motifs is 1. The van der Waals surface area contributed by atoms with Crippen molar-refractivity contribution in [3.8, 4) is 0 Å². The number of benzene rings is 2. The van der Waals surface area contributed by atoms with Crippen LogP contribution in [0.25, 0.3) is 10.8 Å². The van der Waals surface area contributed by atoms with Crippen molar-refractivity contribution in [2.75, 3.05) is 0 Å². The summed E-state index contributed by atoms with van der Waals surface area (Å²) in [7, 11) is 0. The second-order valence-electron chi connectivity index (χ2n) is 3.65. The number of rotatable bonds is 1. The zero-order valence-electron chi connectivity index (χ0n) is 8.42. The van der Waals surface area contributed by atoms with Crippen LogP contribution in [0.4, 0.5) is 0 Å². The fourth-order valence-corrected chi connectivity index (χ4v) is 1.69. The van der Waals surface area contributed by atoms with Crippen molar-refractivity contribution in [1.82, 2.24) is 0 Å². The molecule has 0 N–H and O–H groups in total. The van der Waals surface area contributed by atoms with Gasteiger partial charge in [-0.15, -0.1) is 10.8 Å².